The number of ether oxygens (including phenoxy) is 2. The molecule has 0 bridgehead atoms. The first-order valence-corrected chi connectivity index (χ1v) is 3.73. The van der Waals surface area contributed by atoms with Crippen LogP contribution in [-0.4, -0.2) is 44.4 Å². The van der Waals surface area contributed by atoms with Crippen molar-refractivity contribution in [1.82, 2.24) is 0 Å². The maximum absolute atomic E-state index is 8.43. The minimum atomic E-state index is -0.306. The highest BCUT2D eigenvalue weighted by atomic mass is 16.6. The first kappa shape index (κ1) is 14.4. The van der Waals surface area contributed by atoms with E-state index in [1.165, 1.54) is 0 Å². The molecular formula is C8H20O4. The van der Waals surface area contributed by atoms with Crippen molar-refractivity contribution >= 4 is 0 Å². The van der Waals surface area contributed by atoms with Gasteiger partial charge in [0, 0.05) is 19.6 Å². The average molecular weight is 180 g/mol. The lowest BCUT2D eigenvalue weighted by Gasteiger charge is -2.16. The SMILES string of the molecule is CC(C)(CO)CO.COCOC. The van der Waals surface area contributed by atoms with Crippen LogP contribution in [0.3, 0.4) is 0 Å². The molecule has 0 radical (unpaired) electrons. The van der Waals surface area contributed by atoms with Gasteiger partial charge in [-0.15, -0.1) is 0 Å². The van der Waals surface area contributed by atoms with Crippen molar-refractivity contribution in [2.75, 3.05) is 34.2 Å². The summed E-state index contributed by atoms with van der Waals surface area (Å²) in [5.41, 5.74) is -0.306. The highest BCUT2D eigenvalue weighted by Crippen LogP contribution is 2.10. The molecule has 0 aromatic heterocycles. The topological polar surface area (TPSA) is 58.9 Å². The maximum atomic E-state index is 8.43. The van der Waals surface area contributed by atoms with E-state index in [1.54, 1.807) is 28.1 Å². The molecule has 4 heteroatoms. The molecule has 76 valence electrons. The van der Waals surface area contributed by atoms with Crippen LogP contribution in [0.1, 0.15) is 13.8 Å². The van der Waals surface area contributed by atoms with Gasteiger partial charge < -0.3 is 19.7 Å². The van der Waals surface area contributed by atoms with Gasteiger partial charge in [-0.1, -0.05) is 13.8 Å². The summed E-state index contributed by atoms with van der Waals surface area (Å²) in [7, 11) is 3.17. The molecule has 0 aliphatic heterocycles. The van der Waals surface area contributed by atoms with E-state index in [9.17, 15) is 0 Å². The highest BCUT2D eigenvalue weighted by Gasteiger charge is 2.13. The van der Waals surface area contributed by atoms with Crippen LogP contribution in [0.5, 0.6) is 0 Å². The molecule has 2 N–H and O–H groups in total. The second kappa shape index (κ2) is 8.93. The van der Waals surface area contributed by atoms with Gasteiger partial charge in [0.05, 0.1) is 13.2 Å². The van der Waals surface area contributed by atoms with Crippen LogP contribution in [0.25, 0.3) is 0 Å². The first-order chi connectivity index (χ1) is 5.54. The van der Waals surface area contributed by atoms with Crippen LogP contribution < -0.4 is 0 Å². The molecule has 0 fully saturated rings. The Morgan fingerprint density at radius 3 is 1.33 bits per heavy atom. The number of rotatable bonds is 4. The zero-order valence-electron chi connectivity index (χ0n) is 8.33. The molecule has 0 aromatic rings. The van der Waals surface area contributed by atoms with E-state index in [2.05, 4.69) is 9.47 Å². The minimum Gasteiger partial charge on any atom is -0.396 e. The fourth-order valence-electron chi connectivity index (χ4n) is 0.168. The Labute approximate surface area is 74.1 Å². The molecule has 0 aromatic carbocycles. The number of aliphatic hydroxyl groups excluding tert-OH is 2. The zero-order chi connectivity index (χ0) is 10.0. The molecular weight excluding hydrogens is 160 g/mol. The summed E-state index contributed by atoms with van der Waals surface area (Å²) in [6.07, 6.45) is 0. The van der Waals surface area contributed by atoms with Gasteiger partial charge in [-0.05, 0) is 0 Å². The van der Waals surface area contributed by atoms with Crippen LogP contribution in [0.4, 0.5) is 0 Å². The summed E-state index contributed by atoms with van der Waals surface area (Å²) in [6.45, 7) is 4.08. The third kappa shape index (κ3) is 12.5. The third-order valence-electron chi connectivity index (χ3n) is 1.09. The van der Waals surface area contributed by atoms with Gasteiger partial charge in [0.25, 0.3) is 0 Å². The fraction of sp³-hybridized carbons (Fsp3) is 1.00. The van der Waals surface area contributed by atoms with Crippen molar-refractivity contribution in [3.05, 3.63) is 0 Å². The summed E-state index contributed by atoms with van der Waals surface area (Å²) in [5.74, 6) is 0. The van der Waals surface area contributed by atoms with Gasteiger partial charge in [-0.25, -0.2) is 0 Å². The van der Waals surface area contributed by atoms with Gasteiger partial charge >= 0.3 is 0 Å². The van der Waals surface area contributed by atoms with Crippen molar-refractivity contribution in [2.24, 2.45) is 5.41 Å². The van der Waals surface area contributed by atoms with Gasteiger partial charge in [0.1, 0.15) is 6.79 Å². The average Bonchev–Trinajstić information content (AvgIpc) is 2.07. The predicted octanol–water partition coefficient (Wildman–Crippen LogP) is 0.234. The van der Waals surface area contributed by atoms with Crippen LogP contribution in [0, 0.1) is 5.41 Å². The smallest absolute Gasteiger partial charge is 0.145 e. The van der Waals surface area contributed by atoms with Gasteiger partial charge in [0.15, 0.2) is 0 Å². The zero-order valence-corrected chi connectivity index (χ0v) is 8.33. The Morgan fingerprint density at radius 2 is 1.33 bits per heavy atom. The van der Waals surface area contributed by atoms with E-state index in [1.807, 2.05) is 0 Å². The number of methoxy groups -OCH3 is 2. The van der Waals surface area contributed by atoms with Crippen LogP contribution in [0.15, 0.2) is 0 Å². The van der Waals surface area contributed by atoms with Crippen LogP contribution in [-0.2, 0) is 9.47 Å². The summed E-state index contributed by atoms with van der Waals surface area (Å²) in [4.78, 5) is 0. The lowest BCUT2D eigenvalue weighted by molar-refractivity contribution is -0.00271. The first-order valence-electron chi connectivity index (χ1n) is 3.73. The maximum Gasteiger partial charge on any atom is 0.145 e. The van der Waals surface area contributed by atoms with Gasteiger partial charge in [-0.3, -0.25) is 0 Å². The molecule has 0 saturated heterocycles. The largest absolute Gasteiger partial charge is 0.396 e. The van der Waals surface area contributed by atoms with Crippen LogP contribution in [0.2, 0.25) is 0 Å². The standard InChI is InChI=1S/C5H12O2.C3H8O2/c1-5(2,3-6)4-7;1-4-3-5-2/h6-7H,3-4H2,1-2H3;3H2,1-2H3. The summed E-state index contributed by atoms with van der Waals surface area (Å²) in [5, 5.41) is 16.9. The highest BCUT2D eigenvalue weighted by molar-refractivity contribution is 4.62. The van der Waals surface area contributed by atoms with E-state index in [0.29, 0.717) is 6.79 Å². The summed E-state index contributed by atoms with van der Waals surface area (Å²) in [6, 6.07) is 0. The normalized spacial score (nSPS) is 10.5. The monoisotopic (exact) mass is 180 g/mol. The van der Waals surface area contributed by atoms with Crippen LogP contribution >= 0.6 is 0 Å². The molecule has 12 heavy (non-hydrogen) atoms. The number of hydrogen-bond donors (Lipinski definition) is 2. The third-order valence-corrected chi connectivity index (χ3v) is 1.09. The molecule has 0 amide bonds. The predicted molar refractivity (Wildman–Crippen MR) is 46.8 cm³/mol. The molecule has 0 saturated carbocycles. The van der Waals surface area contributed by atoms with Crippen molar-refractivity contribution in [3.63, 3.8) is 0 Å². The number of hydrogen-bond acceptors (Lipinski definition) is 4. The molecule has 0 atom stereocenters. The Kier molecular flexibility index (Phi) is 10.7. The van der Waals surface area contributed by atoms with E-state index in [-0.39, 0.29) is 18.6 Å². The van der Waals surface area contributed by atoms with Gasteiger partial charge in [-0.2, -0.15) is 0 Å². The van der Waals surface area contributed by atoms with Crippen molar-refractivity contribution in [3.8, 4) is 0 Å². The Morgan fingerprint density at radius 1 is 1.00 bits per heavy atom. The molecule has 0 unspecified atom stereocenters. The number of aliphatic hydroxyl groups is 2. The molecule has 0 aliphatic carbocycles. The Bertz CT molecular complexity index is 75.1. The summed E-state index contributed by atoms with van der Waals surface area (Å²) >= 11 is 0. The van der Waals surface area contributed by atoms with E-state index in [4.69, 9.17) is 10.2 Å². The summed E-state index contributed by atoms with van der Waals surface area (Å²) < 4.78 is 8.94. The fourth-order valence-corrected chi connectivity index (χ4v) is 0.168. The second-order valence-corrected chi connectivity index (χ2v) is 3.18. The lowest BCUT2D eigenvalue weighted by Crippen LogP contribution is -2.20. The molecule has 0 spiro atoms. The second-order valence-electron chi connectivity index (χ2n) is 3.18. The van der Waals surface area contributed by atoms with E-state index in [0.717, 1.165) is 0 Å². The molecule has 4 nitrogen and oxygen atoms in total. The Hall–Kier alpha value is -0.160. The van der Waals surface area contributed by atoms with Gasteiger partial charge in [0.2, 0.25) is 0 Å². The molecule has 0 rings (SSSR count). The van der Waals surface area contributed by atoms with Crippen molar-refractivity contribution in [1.29, 1.82) is 0 Å². The Balaban J connectivity index is 0. The van der Waals surface area contributed by atoms with E-state index < -0.39 is 0 Å². The molecule has 0 aliphatic rings. The quantitative estimate of drug-likeness (QED) is 0.608. The van der Waals surface area contributed by atoms with Crippen molar-refractivity contribution in [2.45, 2.75) is 13.8 Å². The van der Waals surface area contributed by atoms with Crippen molar-refractivity contribution < 1.29 is 19.7 Å². The molecule has 0 heterocycles. The van der Waals surface area contributed by atoms with E-state index >= 15 is 0 Å². The minimum absolute atomic E-state index is 0.0451. The lowest BCUT2D eigenvalue weighted by atomic mass is 9.97.